The van der Waals surface area contributed by atoms with E-state index in [2.05, 4.69) is 10.1 Å². The average molecular weight is 246 g/mol. The van der Waals surface area contributed by atoms with E-state index in [1.807, 2.05) is 18.2 Å². The Labute approximate surface area is 104 Å². The third kappa shape index (κ3) is 1.84. The molecule has 0 unspecified atom stereocenters. The van der Waals surface area contributed by atoms with E-state index in [4.69, 9.17) is 10.5 Å². The molecule has 6 heteroatoms. The van der Waals surface area contributed by atoms with Crippen molar-refractivity contribution in [2.75, 3.05) is 13.2 Å². The molecule has 6 nitrogen and oxygen atoms in total. The van der Waals surface area contributed by atoms with Gasteiger partial charge in [-0.3, -0.25) is 4.79 Å². The second kappa shape index (κ2) is 4.38. The van der Waals surface area contributed by atoms with Gasteiger partial charge in [-0.1, -0.05) is 6.07 Å². The summed E-state index contributed by atoms with van der Waals surface area (Å²) in [4.78, 5) is 15.2. The molecule has 0 radical (unpaired) electrons. The number of carbonyl (C=O) groups excluding carboxylic acids is 1. The molecule has 0 atom stereocenters. The highest BCUT2D eigenvalue weighted by molar-refractivity contribution is 5.89. The average Bonchev–Trinajstić information content (AvgIpc) is 2.83. The van der Waals surface area contributed by atoms with Crippen LogP contribution in [0.3, 0.4) is 0 Å². The van der Waals surface area contributed by atoms with Crippen molar-refractivity contribution < 1.29 is 9.53 Å². The molecule has 1 aliphatic rings. The van der Waals surface area contributed by atoms with Gasteiger partial charge in [-0.05, 0) is 25.0 Å². The van der Waals surface area contributed by atoms with E-state index in [0.29, 0.717) is 11.6 Å². The number of aromatic nitrogens is 3. The number of amides is 1. The molecule has 2 aromatic heterocycles. The van der Waals surface area contributed by atoms with Crippen LogP contribution in [-0.4, -0.2) is 33.7 Å². The Hall–Kier alpha value is -1.95. The molecule has 3 heterocycles. The maximum atomic E-state index is 11.1. The van der Waals surface area contributed by atoms with Crippen LogP contribution in [0.1, 0.15) is 35.1 Å². The Morgan fingerprint density at radius 2 is 2.17 bits per heavy atom. The van der Waals surface area contributed by atoms with Gasteiger partial charge in [0.15, 0.2) is 5.65 Å². The number of pyridine rings is 1. The highest BCUT2D eigenvalue weighted by atomic mass is 16.5. The molecule has 1 aliphatic heterocycles. The molecule has 1 saturated heterocycles. The topological polar surface area (TPSA) is 82.5 Å². The maximum Gasteiger partial charge on any atom is 0.288 e. The van der Waals surface area contributed by atoms with Crippen LogP contribution < -0.4 is 5.73 Å². The van der Waals surface area contributed by atoms with Crippen LogP contribution in [0.4, 0.5) is 0 Å². The van der Waals surface area contributed by atoms with E-state index < -0.39 is 5.91 Å². The molecule has 2 N–H and O–H groups in total. The first-order valence-corrected chi connectivity index (χ1v) is 5.99. The van der Waals surface area contributed by atoms with Crippen LogP contribution in [0.25, 0.3) is 5.65 Å². The number of nitrogens with zero attached hydrogens (tertiary/aromatic N) is 3. The van der Waals surface area contributed by atoms with Crippen LogP contribution in [0, 0.1) is 0 Å². The van der Waals surface area contributed by atoms with Gasteiger partial charge in [0, 0.05) is 24.8 Å². The highest BCUT2D eigenvalue weighted by Gasteiger charge is 2.20. The van der Waals surface area contributed by atoms with E-state index in [1.165, 1.54) is 0 Å². The Balaban J connectivity index is 2.07. The van der Waals surface area contributed by atoms with Crippen molar-refractivity contribution in [3.8, 4) is 0 Å². The predicted molar refractivity (Wildman–Crippen MR) is 64.3 cm³/mol. The summed E-state index contributed by atoms with van der Waals surface area (Å²) in [5.74, 6) is -0.143. The minimum Gasteiger partial charge on any atom is -0.381 e. The van der Waals surface area contributed by atoms with Crippen LogP contribution in [-0.2, 0) is 4.74 Å². The Kier molecular flexibility index (Phi) is 2.71. The van der Waals surface area contributed by atoms with E-state index in [1.54, 1.807) is 4.52 Å². The van der Waals surface area contributed by atoms with Crippen molar-refractivity contribution in [2.45, 2.75) is 18.8 Å². The summed E-state index contributed by atoms with van der Waals surface area (Å²) in [5, 5.41) is 4.18. The zero-order valence-electron chi connectivity index (χ0n) is 9.87. The lowest BCUT2D eigenvalue weighted by Crippen LogP contribution is -2.17. The summed E-state index contributed by atoms with van der Waals surface area (Å²) in [6, 6.07) is 5.77. The normalized spacial score (nSPS) is 17.1. The second-order valence-electron chi connectivity index (χ2n) is 4.41. The Bertz CT molecular complexity index is 587. The minimum atomic E-state index is -0.600. The summed E-state index contributed by atoms with van der Waals surface area (Å²) < 4.78 is 7.08. The fourth-order valence-corrected chi connectivity index (χ4v) is 2.33. The first-order valence-electron chi connectivity index (χ1n) is 5.99. The summed E-state index contributed by atoms with van der Waals surface area (Å²) in [6.07, 6.45) is 1.93. The third-order valence-electron chi connectivity index (χ3n) is 3.25. The van der Waals surface area contributed by atoms with E-state index in [0.717, 1.165) is 31.7 Å². The van der Waals surface area contributed by atoms with Crippen LogP contribution >= 0.6 is 0 Å². The van der Waals surface area contributed by atoms with Gasteiger partial charge in [-0.2, -0.15) is 0 Å². The van der Waals surface area contributed by atoms with Gasteiger partial charge < -0.3 is 10.5 Å². The minimum absolute atomic E-state index is 0.0644. The van der Waals surface area contributed by atoms with Crippen molar-refractivity contribution in [1.82, 2.24) is 14.6 Å². The molecule has 0 aromatic carbocycles. The van der Waals surface area contributed by atoms with Gasteiger partial charge >= 0.3 is 0 Å². The zero-order valence-corrected chi connectivity index (χ0v) is 9.87. The Morgan fingerprint density at radius 1 is 1.39 bits per heavy atom. The number of primary amides is 1. The highest BCUT2D eigenvalue weighted by Crippen LogP contribution is 2.26. The third-order valence-corrected chi connectivity index (χ3v) is 3.25. The van der Waals surface area contributed by atoms with E-state index in [-0.39, 0.29) is 5.82 Å². The van der Waals surface area contributed by atoms with Crippen molar-refractivity contribution in [3.63, 3.8) is 0 Å². The van der Waals surface area contributed by atoms with Crippen LogP contribution in [0.2, 0.25) is 0 Å². The van der Waals surface area contributed by atoms with Crippen molar-refractivity contribution in [2.24, 2.45) is 5.73 Å². The summed E-state index contributed by atoms with van der Waals surface area (Å²) in [6.45, 7) is 1.52. The molecular weight excluding hydrogens is 232 g/mol. The fourth-order valence-electron chi connectivity index (χ4n) is 2.33. The molecule has 3 rings (SSSR count). The lowest BCUT2D eigenvalue weighted by Gasteiger charge is -2.22. The van der Waals surface area contributed by atoms with E-state index >= 15 is 0 Å². The monoisotopic (exact) mass is 246 g/mol. The largest absolute Gasteiger partial charge is 0.381 e. The molecule has 0 aliphatic carbocycles. The molecule has 18 heavy (non-hydrogen) atoms. The number of nitrogens with two attached hydrogens (primary N) is 1. The summed E-state index contributed by atoms with van der Waals surface area (Å²) in [7, 11) is 0. The number of ether oxygens (including phenoxy) is 1. The van der Waals surface area contributed by atoms with Gasteiger partial charge in [0.2, 0.25) is 5.82 Å². The smallest absolute Gasteiger partial charge is 0.288 e. The number of hydrogen-bond acceptors (Lipinski definition) is 4. The maximum absolute atomic E-state index is 11.1. The summed E-state index contributed by atoms with van der Waals surface area (Å²) >= 11 is 0. The van der Waals surface area contributed by atoms with Gasteiger partial charge in [0.05, 0.1) is 0 Å². The number of rotatable bonds is 2. The van der Waals surface area contributed by atoms with E-state index in [9.17, 15) is 4.79 Å². The predicted octanol–water partition coefficient (Wildman–Crippen LogP) is 0.722. The molecule has 2 aromatic rings. The second-order valence-corrected chi connectivity index (χ2v) is 4.41. The first-order chi connectivity index (χ1) is 8.75. The van der Waals surface area contributed by atoms with Crippen molar-refractivity contribution in [3.05, 3.63) is 29.7 Å². The standard InChI is InChI=1S/C12H14N4O2/c13-11(17)12-14-10-3-1-2-9(16(10)15-12)8-4-6-18-7-5-8/h1-3,8H,4-7H2,(H2,13,17). The number of carbonyl (C=O) groups is 1. The van der Waals surface area contributed by atoms with Gasteiger partial charge in [-0.25, -0.2) is 9.50 Å². The lowest BCUT2D eigenvalue weighted by molar-refractivity contribution is 0.0840. The van der Waals surface area contributed by atoms with Gasteiger partial charge in [-0.15, -0.1) is 5.10 Å². The number of hydrogen-bond donors (Lipinski definition) is 1. The molecular formula is C12H14N4O2. The SMILES string of the molecule is NC(=O)c1nc2cccc(C3CCOCC3)n2n1. The summed E-state index contributed by atoms with van der Waals surface area (Å²) in [5.41, 5.74) is 6.93. The van der Waals surface area contributed by atoms with Gasteiger partial charge in [0.25, 0.3) is 5.91 Å². The lowest BCUT2D eigenvalue weighted by atomic mass is 9.96. The molecule has 1 amide bonds. The first kappa shape index (κ1) is 11.2. The van der Waals surface area contributed by atoms with Gasteiger partial charge in [0.1, 0.15) is 0 Å². The quantitative estimate of drug-likeness (QED) is 0.846. The zero-order chi connectivity index (χ0) is 12.5. The van der Waals surface area contributed by atoms with Crippen molar-refractivity contribution in [1.29, 1.82) is 0 Å². The molecule has 1 fully saturated rings. The number of fused-ring (bicyclic) bond motifs is 1. The molecule has 0 saturated carbocycles. The molecule has 0 spiro atoms. The fraction of sp³-hybridized carbons (Fsp3) is 0.417. The molecule has 0 bridgehead atoms. The van der Waals surface area contributed by atoms with Crippen molar-refractivity contribution >= 4 is 11.6 Å². The molecule has 94 valence electrons. The van der Waals surface area contributed by atoms with Crippen LogP contribution in [0.15, 0.2) is 18.2 Å². The van der Waals surface area contributed by atoms with Crippen LogP contribution in [0.5, 0.6) is 0 Å². The Morgan fingerprint density at radius 3 is 2.89 bits per heavy atom.